The number of pyridine rings is 1. The molecule has 1 fully saturated rings. The van der Waals surface area contributed by atoms with E-state index in [1.807, 2.05) is 12.1 Å². The summed E-state index contributed by atoms with van der Waals surface area (Å²) in [5.41, 5.74) is 0.883. The standard InChI is InChI=1S/C12H11N5O2S2/c18-21(19)6-3-9(7-21)11-16-17-10(14-15-12(17)20-11)8-1-4-13-5-2-8/h1-2,4-5,9H,3,6-7H2. The van der Waals surface area contributed by atoms with E-state index in [9.17, 15) is 8.42 Å². The molecule has 1 atom stereocenters. The quantitative estimate of drug-likeness (QED) is 0.703. The van der Waals surface area contributed by atoms with Gasteiger partial charge in [-0.15, -0.1) is 10.2 Å². The zero-order valence-corrected chi connectivity index (χ0v) is 12.5. The second-order valence-electron chi connectivity index (χ2n) is 4.99. The van der Waals surface area contributed by atoms with Gasteiger partial charge in [-0.2, -0.15) is 9.61 Å². The number of hydrogen-bond donors (Lipinski definition) is 0. The van der Waals surface area contributed by atoms with E-state index in [0.29, 0.717) is 17.2 Å². The fraction of sp³-hybridized carbons (Fsp3) is 0.333. The molecule has 0 radical (unpaired) electrons. The van der Waals surface area contributed by atoms with E-state index in [4.69, 9.17) is 0 Å². The van der Waals surface area contributed by atoms with Crippen LogP contribution in [0.4, 0.5) is 0 Å². The average molecular weight is 321 g/mol. The van der Waals surface area contributed by atoms with Gasteiger partial charge >= 0.3 is 0 Å². The third kappa shape index (κ3) is 2.22. The molecule has 1 saturated heterocycles. The second kappa shape index (κ2) is 4.57. The topological polar surface area (TPSA) is 90.1 Å². The van der Waals surface area contributed by atoms with Crippen LogP contribution >= 0.6 is 11.3 Å². The van der Waals surface area contributed by atoms with Gasteiger partial charge in [0.2, 0.25) is 4.96 Å². The lowest BCUT2D eigenvalue weighted by molar-refractivity contribution is 0.601. The molecule has 1 aliphatic heterocycles. The van der Waals surface area contributed by atoms with E-state index < -0.39 is 9.84 Å². The van der Waals surface area contributed by atoms with Crippen molar-refractivity contribution in [2.75, 3.05) is 11.5 Å². The molecule has 0 bridgehead atoms. The molecule has 4 rings (SSSR count). The molecule has 0 aliphatic carbocycles. The van der Waals surface area contributed by atoms with Gasteiger partial charge in [0, 0.05) is 23.9 Å². The average Bonchev–Trinajstić information content (AvgIpc) is 3.12. The molecule has 1 unspecified atom stereocenters. The van der Waals surface area contributed by atoms with Crippen LogP contribution in [0, 0.1) is 0 Å². The minimum Gasteiger partial charge on any atom is -0.265 e. The first-order valence-electron chi connectivity index (χ1n) is 6.45. The van der Waals surface area contributed by atoms with Crippen molar-refractivity contribution < 1.29 is 8.42 Å². The summed E-state index contributed by atoms with van der Waals surface area (Å²) in [5.74, 6) is 1.05. The Hall–Kier alpha value is -1.87. The van der Waals surface area contributed by atoms with E-state index >= 15 is 0 Å². The maximum atomic E-state index is 11.6. The van der Waals surface area contributed by atoms with E-state index in [1.54, 1.807) is 16.9 Å². The number of sulfone groups is 1. The van der Waals surface area contributed by atoms with Gasteiger partial charge < -0.3 is 0 Å². The number of fused-ring (bicyclic) bond motifs is 1. The molecular weight excluding hydrogens is 310 g/mol. The van der Waals surface area contributed by atoms with Crippen molar-refractivity contribution in [2.45, 2.75) is 12.3 Å². The fourth-order valence-corrected chi connectivity index (χ4v) is 5.29. The van der Waals surface area contributed by atoms with Crippen LogP contribution in [-0.4, -0.2) is 44.7 Å². The Morgan fingerprint density at radius 2 is 2.05 bits per heavy atom. The Bertz CT molecular complexity index is 900. The van der Waals surface area contributed by atoms with Gasteiger partial charge in [-0.05, 0) is 18.6 Å². The fourth-order valence-electron chi connectivity index (χ4n) is 2.47. The van der Waals surface area contributed by atoms with Crippen LogP contribution in [0.3, 0.4) is 0 Å². The third-order valence-electron chi connectivity index (χ3n) is 3.53. The summed E-state index contributed by atoms with van der Waals surface area (Å²) in [6.45, 7) is 0. The molecule has 0 amide bonds. The number of hydrogen-bond acceptors (Lipinski definition) is 7. The van der Waals surface area contributed by atoms with Crippen LogP contribution in [0.2, 0.25) is 0 Å². The normalized spacial score (nSPS) is 21.0. The van der Waals surface area contributed by atoms with Crippen LogP contribution < -0.4 is 0 Å². The highest BCUT2D eigenvalue weighted by molar-refractivity contribution is 7.91. The number of nitrogens with zero attached hydrogens (tertiary/aromatic N) is 5. The Balaban J connectivity index is 1.77. The van der Waals surface area contributed by atoms with Gasteiger partial charge in [0.05, 0.1) is 11.5 Å². The van der Waals surface area contributed by atoms with Gasteiger partial charge in [-0.3, -0.25) is 4.98 Å². The Labute approximate surface area is 124 Å². The van der Waals surface area contributed by atoms with Crippen LogP contribution in [0.5, 0.6) is 0 Å². The molecule has 108 valence electrons. The van der Waals surface area contributed by atoms with E-state index in [1.165, 1.54) is 11.3 Å². The molecular formula is C12H11N5O2S2. The summed E-state index contributed by atoms with van der Waals surface area (Å²) in [6.07, 6.45) is 4.01. The summed E-state index contributed by atoms with van der Waals surface area (Å²) >= 11 is 1.41. The van der Waals surface area contributed by atoms with Gasteiger partial charge in [0.25, 0.3) is 0 Å². The minimum absolute atomic E-state index is 0.0213. The zero-order valence-electron chi connectivity index (χ0n) is 10.9. The second-order valence-corrected chi connectivity index (χ2v) is 8.21. The van der Waals surface area contributed by atoms with Crippen LogP contribution in [0.15, 0.2) is 24.5 Å². The molecule has 0 saturated carbocycles. The maximum Gasteiger partial charge on any atom is 0.234 e. The first kappa shape index (κ1) is 12.8. The summed E-state index contributed by atoms with van der Waals surface area (Å²) < 4.78 is 24.9. The SMILES string of the molecule is O=S1(=O)CCC(c2nn3c(-c4ccncc4)nnc3s2)C1. The largest absolute Gasteiger partial charge is 0.265 e. The molecule has 3 aromatic heterocycles. The van der Waals surface area contributed by atoms with Crippen molar-refractivity contribution in [2.24, 2.45) is 0 Å². The molecule has 21 heavy (non-hydrogen) atoms. The predicted molar refractivity (Wildman–Crippen MR) is 77.9 cm³/mol. The van der Waals surface area contributed by atoms with Crippen molar-refractivity contribution in [1.29, 1.82) is 0 Å². The Morgan fingerprint density at radius 1 is 1.24 bits per heavy atom. The van der Waals surface area contributed by atoms with Gasteiger partial charge in [-0.25, -0.2) is 8.42 Å². The van der Waals surface area contributed by atoms with Crippen LogP contribution in [0.25, 0.3) is 16.3 Å². The lowest BCUT2D eigenvalue weighted by Gasteiger charge is -2.00. The monoisotopic (exact) mass is 321 g/mol. The van der Waals surface area contributed by atoms with Crippen molar-refractivity contribution in [3.05, 3.63) is 29.5 Å². The molecule has 0 spiro atoms. The molecule has 0 aromatic carbocycles. The number of rotatable bonds is 2. The Morgan fingerprint density at radius 3 is 2.76 bits per heavy atom. The minimum atomic E-state index is -2.91. The van der Waals surface area contributed by atoms with Crippen molar-refractivity contribution >= 4 is 26.1 Å². The number of aromatic nitrogens is 5. The van der Waals surface area contributed by atoms with E-state index in [0.717, 1.165) is 10.6 Å². The highest BCUT2D eigenvalue weighted by Gasteiger charge is 2.32. The smallest absolute Gasteiger partial charge is 0.234 e. The predicted octanol–water partition coefficient (Wildman–Crippen LogP) is 1.15. The molecule has 1 aliphatic rings. The Kier molecular flexibility index (Phi) is 2.79. The summed E-state index contributed by atoms with van der Waals surface area (Å²) in [7, 11) is -2.91. The summed E-state index contributed by atoms with van der Waals surface area (Å²) in [4.78, 5) is 4.66. The van der Waals surface area contributed by atoms with E-state index in [2.05, 4.69) is 20.3 Å². The van der Waals surface area contributed by atoms with Gasteiger partial charge in [0.1, 0.15) is 5.01 Å². The molecule has 4 heterocycles. The summed E-state index contributed by atoms with van der Waals surface area (Å²) in [5, 5.41) is 13.6. The molecule has 9 heteroatoms. The van der Waals surface area contributed by atoms with Crippen molar-refractivity contribution in [3.63, 3.8) is 0 Å². The lowest BCUT2D eigenvalue weighted by atomic mass is 10.1. The highest BCUT2D eigenvalue weighted by Crippen LogP contribution is 2.32. The van der Waals surface area contributed by atoms with Crippen LogP contribution in [0.1, 0.15) is 17.3 Å². The lowest BCUT2D eigenvalue weighted by Crippen LogP contribution is -2.04. The highest BCUT2D eigenvalue weighted by atomic mass is 32.2. The third-order valence-corrected chi connectivity index (χ3v) is 6.36. The molecule has 7 nitrogen and oxygen atoms in total. The van der Waals surface area contributed by atoms with Crippen molar-refractivity contribution in [1.82, 2.24) is 24.8 Å². The molecule has 3 aromatic rings. The first-order chi connectivity index (χ1) is 10.1. The van der Waals surface area contributed by atoms with Gasteiger partial charge in [0.15, 0.2) is 15.7 Å². The van der Waals surface area contributed by atoms with E-state index in [-0.39, 0.29) is 17.4 Å². The van der Waals surface area contributed by atoms with Crippen LogP contribution in [-0.2, 0) is 9.84 Å². The maximum absolute atomic E-state index is 11.6. The summed E-state index contributed by atoms with van der Waals surface area (Å²) in [6, 6.07) is 3.69. The molecule has 0 N–H and O–H groups in total. The zero-order chi connectivity index (χ0) is 14.4. The van der Waals surface area contributed by atoms with Crippen molar-refractivity contribution in [3.8, 4) is 11.4 Å². The van der Waals surface area contributed by atoms with Gasteiger partial charge in [-0.1, -0.05) is 11.3 Å². The first-order valence-corrected chi connectivity index (χ1v) is 9.09.